The lowest BCUT2D eigenvalue weighted by atomic mass is 10.2. The van der Waals surface area contributed by atoms with E-state index < -0.39 is 10.0 Å². The Bertz CT molecular complexity index is 945. The third-order valence-electron chi connectivity index (χ3n) is 3.94. The number of rotatable bonds is 6. The van der Waals surface area contributed by atoms with Crippen molar-refractivity contribution in [1.29, 1.82) is 5.26 Å². The zero-order valence-electron chi connectivity index (χ0n) is 15.0. The van der Waals surface area contributed by atoms with Crippen molar-refractivity contribution in [2.45, 2.75) is 25.7 Å². The summed E-state index contributed by atoms with van der Waals surface area (Å²) in [4.78, 5) is 13.6. The van der Waals surface area contributed by atoms with Gasteiger partial charge in [0.05, 0.1) is 16.5 Å². The molecule has 0 aliphatic rings. The maximum Gasteiger partial charge on any atom is 0.240 e. The van der Waals surface area contributed by atoms with E-state index in [1.807, 2.05) is 19.1 Å². The Labute approximate surface area is 154 Å². The summed E-state index contributed by atoms with van der Waals surface area (Å²) in [5.41, 5.74) is 2.77. The van der Waals surface area contributed by atoms with Crippen molar-refractivity contribution >= 4 is 21.6 Å². The van der Waals surface area contributed by atoms with Crippen molar-refractivity contribution in [3.8, 4) is 6.07 Å². The minimum atomic E-state index is -3.65. The van der Waals surface area contributed by atoms with Crippen LogP contribution in [-0.4, -0.2) is 27.4 Å². The molecule has 0 aliphatic carbocycles. The second kappa shape index (κ2) is 8.13. The molecule has 0 radical (unpaired) electrons. The summed E-state index contributed by atoms with van der Waals surface area (Å²) in [5, 5.41) is 8.85. The zero-order valence-corrected chi connectivity index (χ0v) is 15.8. The molecular weight excluding hydrogens is 350 g/mol. The molecule has 1 amide bonds. The maximum absolute atomic E-state index is 12.5. The topological polar surface area (TPSA) is 90.3 Å². The van der Waals surface area contributed by atoms with E-state index in [0.29, 0.717) is 16.8 Å². The monoisotopic (exact) mass is 371 g/mol. The predicted octanol–water partition coefficient (Wildman–Crippen LogP) is 2.51. The van der Waals surface area contributed by atoms with E-state index >= 15 is 0 Å². The molecule has 0 atom stereocenters. The van der Waals surface area contributed by atoms with Gasteiger partial charge in [-0.25, -0.2) is 13.1 Å². The Morgan fingerprint density at radius 1 is 1.15 bits per heavy atom. The van der Waals surface area contributed by atoms with Gasteiger partial charge in [-0.3, -0.25) is 4.79 Å². The van der Waals surface area contributed by atoms with Crippen molar-refractivity contribution in [2.75, 3.05) is 18.0 Å². The number of carbonyl (C=O) groups excluding carboxylic acids is 1. The molecule has 2 rings (SSSR count). The van der Waals surface area contributed by atoms with Gasteiger partial charge in [0.2, 0.25) is 15.9 Å². The van der Waals surface area contributed by atoms with Gasteiger partial charge in [-0.15, -0.1) is 0 Å². The average Bonchev–Trinajstić information content (AvgIpc) is 2.58. The quantitative estimate of drug-likeness (QED) is 0.845. The van der Waals surface area contributed by atoms with Gasteiger partial charge in [-0.2, -0.15) is 5.26 Å². The molecule has 0 aromatic heterocycles. The van der Waals surface area contributed by atoms with Crippen LogP contribution >= 0.6 is 0 Å². The van der Waals surface area contributed by atoms with Crippen molar-refractivity contribution in [1.82, 2.24) is 4.72 Å². The fraction of sp³-hybridized carbons (Fsp3) is 0.263. The molecule has 7 heteroatoms. The molecule has 0 spiro atoms. The van der Waals surface area contributed by atoms with E-state index in [1.54, 1.807) is 43.3 Å². The molecule has 0 heterocycles. The normalized spacial score (nSPS) is 11.0. The number of hydrogen-bond donors (Lipinski definition) is 1. The molecular formula is C19H21N3O3S. The van der Waals surface area contributed by atoms with E-state index in [2.05, 4.69) is 4.72 Å². The fourth-order valence-corrected chi connectivity index (χ4v) is 3.90. The Morgan fingerprint density at radius 3 is 2.35 bits per heavy atom. The van der Waals surface area contributed by atoms with Crippen LogP contribution in [0.2, 0.25) is 0 Å². The molecule has 0 bridgehead atoms. The first-order valence-corrected chi connectivity index (χ1v) is 9.58. The number of nitriles is 1. The van der Waals surface area contributed by atoms with E-state index in [0.717, 1.165) is 5.56 Å². The molecule has 136 valence electrons. The third-order valence-corrected chi connectivity index (χ3v) is 5.56. The highest BCUT2D eigenvalue weighted by Gasteiger charge is 2.18. The van der Waals surface area contributed by atoms with E-state index in [1.165, 1.54) is 11.8 Å². The average molecular weight is 371 g/mol. The number of anilines is 1. The van der Waals surface area contributed by atoms with Crippen molar-refractivity contribution < 1.29 is 13.2 Å². The lowest BCUT2D eigenvalue weighted by Gasteiger charge is -2.21. The maximum atomic E-state index is 12.5. The Kier molecular flexibility index (Phi) is 6.14. The highest BCUT2D eigenvalue weighted by molar-refractivity contribution is 7.89. The van der Waals surface area contributed by atoms with Gasteiger partial charge in [0.15, 0.2) is 0 Å². The third kappa shape index (κ3) is 4.69. The summed E-state index contributed by atoms with van der Waals surface area (Å²) < 4.78 is 27.5. The first-order valence-electron chi connectivity index (χ1n) is 8.10. The second-order valence-electron chi connectivity index (χ2n) is 6.00. The minimum absolute atomic E-state index is 0.0786. The second-order valence-corrected chi connectivity index (χ2v) is 7.73. The van der Waals surface area contributed by atoms with Crippen LogP contribution in [0.3, 0.4) is 0 Å². The molecule has 0 aliphatic heterocycles. The predicted molar refractivity (Wildman–Crippen MR) is 100 cm³/mol. The number of benzene rings is 2. The van der Waals surface area contributed by atoms with Crippen molar-refractivity contribution in [3.63, 3.8) is 0 Å². The van der Waals surface area contributed by atoms with Gasteiger partial charge in [-0.1, -0.05) is 17.7 Å². The van der Waals surface area contributed by atoms with E-state index in [4.69, 9.17) is 5.26 Å². The van der Waals surface area contributed by atoms with Crippen LogP contribution in [0.15, 0.2) is 47.4 Å². The molecule has 0 saturated carbocycles. The van der Waals surface area contributed by atoms with Gasteiger partial charge in [0.25, 0.3) is 0 Å². The SMILES string of the molecule is CC(=O)N(CCNS(=O)(=O)c1ccc(C)cc1C)c1ccc(C#N)cc1. The van der Waals surface area contributed by atoms with Crippen molar-refractivity contribution in [2.24, 2.45) is 0 Å². The van der Waals surface area contributed by atoms with Gasteiger partial charge in [-0.05, 0) is 49.7 Å². The van der Waals surface area contributed by atoms with Crippen LogP contribution in [0.4, 0.5) is 5.69 Å². The first kappa shape index (κ1) is 19.6. The summed E-state index contributed by atoms with van der Waals surface area (Å²) in [7, 11) is -3.65. The summed E-state index contributed by atoms with van der Waals surface area (Å²) in [6.07, 6.45) is 0. The summed E-state index contributed by atoms with van der Waals surface area (Å²) in [6.45, 7) is 5.33. The molecule has 0 saturated heterocycles. The van der Waals surface area contributed by atoms with Crippen LogP contribution in [0.25, 0.3) is 0 Å². The summed E-state index contributed by atoms with van der Waals surface area (Å²) >= 11 is 0. The van der Waals surface area contributed by atoms with Gasteiger partial charge < -0.3 is 4.90 Å². The lowest BCUT2D eigenvalue weighted by molar-refractivity contribution is -0.116. The molecule has 6 nitrogen and oxygen atoms in total. The van der Waals surface area contributed by atoms with Gasteiger partial charge in [0.1, 0.15) is 0 Å². The fourth-order valence-electron chi connectivity index (χ4n) is 2.65. The summed E-state index contributed by atoms with van der Waals surface area (Å²) in [5.74, 6) is -0.208. The number of aryl methyl sites for hydroxylation is 2. The molecule has 2 aromatic rings. The molecule has 0 unspecified atom stereocenters. The summed E-state index contributed by atoms with van der Waals surface area (Å²) in [6, 6.07) is 13.7. The number of carbonyl (C=O) groups is 1. The van der Waals surface area contributed by atoms with Gasteiger partial charge >= 0.3 is 0 Å². The van der Waals surface area contributed by atoms with Crippen LogP contribution in [0.5, 0.6) is 0 Å². The number of hydrogen-bond acceptors (Lipinski definition) is 4. The smallest absolute Gasteiger partial charge is 0.240 e. The van der Waals surface area contributed by atoms with Crippen LogP contribution in [0.1, 0.15) is 23.6 Å². The van der Waals surface area contributed by atoms with E-state index in [9.17, 15) is 13.2 Å². The van der Waals surface area contributed by atoms with E-state index in [-0.39, 0.29) is 23.9 Å². The number of nitrogens with zero attached hydrogens (tertiary/aromatic N) is 2. The number of sulfonamides is 1. The largest absolute Gasteiger partial charge is 0.311 e. The molecule has 1 N–H and O–H groups in total. The standard InChI is InChI=1S/C19H21N3O3S/c1-14-4-9-19(15(2)12-14)26(24,25)21-10-11-22(16(3)23)18-7-5-17(13-20)6-8-18/h4-9,12,21H,10-11H2,1-3H3. The van der Waals surface area contributed by atoms with Crippen LogP contribution in [-0.2, 0) is 14.8 Å². The van der Waals surface area contributed by atoms with Crippen LogP contribution in [0, 0.1) is 25.2 Å². The minimum Gasteiger partial charge on any atom is -0.311 e. The molecule has 0 fully saturated rings. The number of amides is 1. The Balaban J connectivity index is 2.09. The zero-order chi connectivity index (χ0) is 19.3. The number of nitrogens with one attached hydrogen (secondary N) is 1. The first-order chi connectivity index (χ1) is 12.2. The highest BCUT2D eigenvalue weighted by Crippen LogP contribution is 2.17. The molecule has 26 heavy (non-hydrogen) atoms. The van der Waals surface area contributed by atoms with Gasteiger partial charge in [0, 0.05) is 25.7 Å². The molecule has 2 aromatic carbocycles. The highest BCUT2D eigenvalue weighted by atomic mass is 32.2. The lowest BCUT2D eigenvalue weighted by Crippen LogP contribution is -2.37. The Morgan fingerprint density at radius 2 is 1.81 bits per heavy atom. The van der Waals surface area contributed by atoms with Crippen LogP contribution < -0.4 is 9.62 Å². The van der Waals surface area contributed by atoms with Crippen molar-refractivity contribution in [3.05, 3.63) is 59.2 Å². The Hall–Kier alpha value is -2.69.